The molecule has 1 N–H and O–H groups in total. The number of rotatable bonds is 6. The van der Waals surface area contributed by atoms with Crippen LogP contribution < -0.4 is 10.3 Å². The zero-order valence-electron chi connectivity index (χ0n) is 20.4. The molecule has 7 heteroatoms. The van der Waals surface area contributed by atoms with Crippen LogP contribution in [0.1, 0.15) is 19.3 Å². The van der Waals surface area contributed by atoms with Gasteiger partial charge in [0.25, 0.3) is 5.56 Å². The molecule has 0 radical (unpaired) electrons. The fourth-order valence-corrected chi connectivity index (χ4v) is 5.00. The van der Waals surface area contributed by atoms with Crippen molar-refractivity contribution in [3.8, 4) is 28.3 Å². The van der Waals surface area contributed by atoms with Gasteiger partial charge in [-0.15, -0.1) is 0 Å². The lowest BCUT2D eigenvalue weighted by Crippen LogP contribution is -2.34. The Labute approximate surface area is 209 Å². The van der Waals surface area contributed by atoms with Crippen molar-refractivity contribution in [1.29, 1.82) is 0 Å². The highest BCUT2D eigenvalue weighted by atomic mass is 16.5. The van der Waals surface area contributed by atoms with Gasteiger partial charge in [-0.25, -0.2) is 9.97 Å². The lowest BCUT2D eigenvalue weighted by Gasteiger charge is -2.26. The molecular weight excluding hydrogens is 450 g/mol. The molecule has 7 nitrogen and oxygen atoms in total. The van der Waals surface area contributed by atoms with E-state index in [1.807, 2.05) is 54.6 Å². The molecule has 3 aromatic carbocycles. The average Bonchev–Trinajstić information content (AvgIpc) is 3.37. The molecule has 182 valence electrons. The van der Waals surface area contributed by atoms with Gasteiger partial charge in [0.2, 0.25) is 0 Å². The topological polar surface area (TPSA) is 76.0 Å². The number of hydrogen-bond donors (Lipinski definition) is 1. The largest absolute Gasteiger partial charge is 0.497 e. The Morgan fingerprint density at radius 1 is 0.861 bits per heavy atom. The normalized spacial score (nSPS) is 14.5. The summed E-state index contributed by atoms with van der Waals surface area (Å²) in [6.07, 6.45) is 5.49. The van der Waals surface area contributed by atoms with Crippen LogP contribution in [-0.2, 0) is 6.54 Å². The van der Waals surface area contributed by atoms with Crippen LogP contribution in [0.3, 0.4) is 0 Å². The summed E-state index contributed by atoms with van der Waals surface area (Å²) < 4.78 is 7.01. The van der Waals surface area contributed by atoms with Crippen molar-refractivity contribution in [2.24, 2.45) is 0 Å². The lowest BCUT2D eigenvalue weighted by molar-refractivity contribution is 0.220. The first-order chi connectivity index (χ1) is 17.7. The zero-order chi connectivity index (χ0) is 24.5. The first-order valence-corrected chi connectivity index (χ1v) is 12.5. The summed E-state index contributed by atoms with van der Waals surface area (Å²) in [5.41, 5.74) is 5.59. The molecule has 1 aliphatic rings. The summed E-state index contributed by atoms with van der Waals surface area (Å²) in [7, 11) is 1.66. The number of aromatic amines is 1. The monoisotopic (exact) mass is 479 g/mol. The number of aromatic nitrogens is 4. The summed E-state index contributed by atoms with van der Waals surface area (Å²) in [5, 5.41) is 0.650. The van der Waals surface area contributed by atoms with Crippen LogP contribution in [0.4, 0.5) is 0 Å². The number of H-pyrrole nitrogens is 1. The minimum Gasteiger partial charge on any atom is -0.497 e. The fourth-order valence-electron chi connectivity index (χ4n) is 5.00. The van der Waals surface area contributed by atoms with Crippen LogP contribution in [0.25, 0.3) is 44.5 Å². The van der Waals surface area contributed by atoms with Gasteiger partial charge in [0, 0.05) is 18.7 Å². The van der Waals surface area contributed by atoms with E-state index in [0.29, 0.717) is 11.9 Å². The highest BCUT2D eigenvalue weighted by Gasteiger charge is 2.12. The van der Waals surface area contributed by atoms with E-state index in [1.165, 1.54) is 19.3 Å². The van der Waals surface area contributed by atoms with Crippen molar-refractivity contribution in [2.75, 3.05) is 26.7 Å². The quantitative estimate of drug-likeness (QED) is 0.367. The molecule has 0 bridgehead atoms. The van der Waals surface area contributed by atoms with Crippen molar-refractivity contribution in [2.45, 2.75) is 25.8 Å². The number of imidazole rings is 1. The second-order valence-electron chi connectivity index (χ2n) is 9.42. The minimum absolute atomic E-state index is 0.0169. The van der Waals surface area contributed by atoms with E-state index in [4.69, 9.17) is 9.72 Å². The summed E-state index contributed by atoms with van der Waals surface area (Å²) in [5.74, 6) is 1.62. The van der Waals surface area contributed by atoms with Crippen LogP contribution in [0.2, 0.25) is 0 Å². The van der Waals surface area contributed by atoms with E-state index < -0.39 is 0 Å². The molecule has 0 atom stereocenters. The highest BCUT2D eigenvalue weighted by Crippen LogP contribution is 2.28. The SMILES string of the molecule is COc1ccc(-c2nc3ccc(-c4ccc5ncn(CCN6CCCCC6)c(=O)c5c4)cc3[nH]2)cc1. The van der Waals surface area contributed by atoms with Crippen molar-refractivity contribution in [1.82, 2.24) is 24.4 Å². The second-order valence-corrected chi connectivity index (χ2v) is 9.42. The van der Waals surface area contributed by atoms with Crippen molar-refractivity contribution >= 4 is 21.9 Å². The second kappa shape index (κ2) is 9.59. The summed E-state index contributed by atoms with van der Waals surface area (Å²) in [6, 6.07) is 19.9. The van der Waals surface area contributed by atoms with E-state index in [0.717, 1.165) is 64.4 Å². The number of nitrogens with zero attached hydrogens (tertiary/aromatic N) is 4. The third kappa shape index (κ3) is 4.38. The number of fused-ring (bicyclic) bond motifs is 2. The molecule has 5 aromatic rings. The molecule has 1 aliphatic heterocycles. The van der Waals surface area contributed by atoms with Gasteiger partial charge in [-0.2, -0.15) is 0 Å². The van der Waals surface area contributed by atoms with E-state index >= 15 is 0 Å². The average molecular weight is 480 g/mol. The third-order valence-electron chi connectivity index (χ3n) is 7.11. The number of likely N-dealkylation sites (tertiary alicyclic amines) is 1. The standard InChI is InChI=1S/C29H29N5O2/c1-36-23-9-5-20(6-10-23)28-31-26-12-8-22(18-27(26)32-28)21-7-11-25-24(17-21)29(35)34(19-30-25)16-15-33-13-3-2-4-14-33/h5-12,17-19H,2-4,13-16H2,1H3,(H,31,32). The van der Waals surface area contributed by atoms with E-state index in [1.54, 1.807) is 18.0 Å². The molecule has 0 saturated carbocycles. The number of piperidine rings is 1. The number of ether oxygens (including phenoxy) is 1. The van der Waals surface area contributed by atoms with Crippen molar-refractivity contribution < 1.29 is 4.74 Å². The van der Waals surface area contributed by atoms with Gasteiger partial charge in [-0.1, -0.05) is 18.6 Å². The van der Waals surface area contributed by atoms with Crippen LogP contribution in [0.5, 0.6) is 5.75 Å². The lowest BCUT2D eigenvalue weighted by atomic mass is 10.0. The Balaban J connectivity index is 1.29. The highest BCUT2D eigenvalue weighted by molar-refractivity contribution is 5.88. The minimum atomic E-state index is 0.0169. The molecule has 1 fully saturated rings. The summed E-state index contributed by atoms with van der Waals surface area (Å²) >= 11 is 0. The number of hydrogen-bond acceptors (Lipinski definition) is 5. The summed E-state index contributed by atoms with van der Waals surface area (Å²) in [6.45, 7) is 3.80. The molecule has 0 aliphatic carbocycles. The van der Waals surface area contributed by atoms with Gasteiger partial charge < -0.3 is 14.6 Å². The molecular formula is C29H29N5O2. The Morgan fingerprint density at radius 2 is 1.58 bits per heavy atom. The first-order valence-electron chi connectivity index (χ1n) is 12.5. The van der Waals surface area contributed by atoms with E-state index in [-0.39, 0.29) is 5.56 Å². The zero-order valence-corrected chi connectivity index (χ0v) is 20.4. The fraction of sp³-hybridized carbons (Fsp3) is 0.276. The van der Waals surface area contributed by atoms with E-state index in [2.05, 4.69) is 20.9 Å². The van der Waals surface area contributed by atoms with Gasteiger partial charge in [0.15, 0.2) is 0 Å². The molecule has 36 heavy (non-hydrogen) atoms. The Kier molecular flexibility index (Phi) is 5.99. The predicted molar refractivity (Wildman–Crippen MR) is 143 cm³/mol. The molecule has 0 spiro atoms. The van der Waals surface area contributed by atoms with Gasteiger partial charge in [0.05, 0.1) is 35.4 Å². The van der Waals surface area contributed by atoms with Gasteiger partial charge in [0.1, 0.15) is 11.6 Å². The molecule has 2 aromatic heterocycles. The van der Waals surface area contributed by atoms with Gasteiger partial charge in [-0.05, 0) is 85.6 Å². The number of nitrogens with one attached hydrogen (secondary N) is 1. The molecule has 0 amide bonds. The molecule has 6 rings (SSSR count). The number of benzene rings is 3. The Bertz CT molecular complexity index is 1580. The Hall–Kier alpha value is -3.97. The van der Waals surface area contributed by atoms with Crippen molar-refractivity contribution in [3.05, 3.63) is 77.3 Å². The van der Waals surface area contributed by atoms with Crippen LogP contribution >= 0.6 is 0 Å². The number of methoxy groups -OCH3 is 1. The summed E-state index contributed by atoms with van der Waals surface area (Å²) in [4.78, 5) is 28.5. The van der Waals surface area contributed by atoms with Crippen LogP contribution in [-0.4, -0.2) is 51.2 Å². The maximum Gasteiger partial charge on any atom is 0.261 e. The smallest absolute Gasteiger partial charge is 0.261 e. The molecule has 1 saturated heterocycles. The van der Waals surface area contributed by atoms with Crippen LogP contribution in [0.15, 0.2) is 71.8 Å². The van der Waals surface area contributed by atoms with E-state index in [9.17, 15) is 4.79 Å². The molecule has 0 unspecified atom stereocenters. The maximum absolute atomic E-state index is 13.3. The van der Waals surface area contributed by atoms with Gasteiger partial charge in [-0.3, -0.25) is 9.36 Å². The Morgan fingerprint density at radius 3 is 2.36 bits per heavy atom. The van der Waals surface area contributed by atoms with Crippen molar-refractivity contribution in [3.63, 3.8) is 0 Å². The first kappa shape index (κ1) is 22.5. The maximum atomic E-state index is 13.3. The predicted octanol–water partition coefficient (Wildman–Crippen LogP) is 5.10. The third-order valence-corrected chi connectivity index (χ3v) is 7.11. The van der Waals surface area contributed by atoms with Gasteiger partial charge >= 0.3 is 0 Å². The molecule has 3 heterocycles. The van der Waals surface area contributed by atoms with Crippen LogP contribution in [0, 0.1) is 0 Å².